The zero-order chi connectivity index (χ0) is 19.1. The van der Waals surface area contributed by atoms with Crippen molar-refractivity contribution in [2.45, 2.75) is 18.8 Å². The second-order valence-electron chi connectivity index (χ2n) is 5.60. The van der Waals surface area contributed by atoms with Gasteiger partial charge in [0.1, 0.15) is 11.7 Å². The van der Waals surface area contributed by atoms with Gasteiger partial charge in [-0.15, -0.1) is 0 Å². The maximum absolute atomic E-state index is 13.9. The van der Waals surface area contributed by atoms with Crippen molar-refractivity contribution in [3.63, 3.8) is 0 Å². The van der Waals surface area contributed by atoms with Gasteiger partial charge >= 0.3 is 17.8 Å². The predicted octanol–water partition coefficient (Wildman–Crippen LogP) is 3.71. The van der Waals surface area contributed by atoms with E-state index in [1.54, 1.807) is 37.3 Å². The third kappa shape index (κ3) is 2.80. The molecule has 136 valence electrons. The Kier molecular flexibility index (Phi) is 4.39. The predicted molar refractivity (Wildman–Crippen MR) is 91.0 cm³/mol. The minimum Gasteiger partial charge on any atom is -0.465 e. The smallest absolute Gasteiger partial charge is 0.445 e. The Morgan fingerprint density at radius 2 is 1.96 bits per heavy atom. The van der Waals surface area contributed by atoms with Gasteiger partial charge in [0.2, 0.25) is 0 Å². The summed E-state index contributed by atoms with van der Waals surface area (Å²) in [7, 11) is 0.862. The fourth-order valence-corrected chi connectivity index (χ4v) is 2.80. The molecule has 0 aromatic heterocycles. The number of aliphatic imine (C=N–C) groups is 2. The number of alkyl halides is 3. The Morgan fingerprint density at radius 1 is 1.27 bits per heavy atom. The van der Waals surface area contributed by atoms with Crippen LogP contribution in [0.15, 0.2) is 58.2 Å². The van der Waals surface area contributed by atoms with Crippen LogP contribution in [0.5, 0.6) is 0 Å². The first-order valence-corrected chi connectivity index (χ1v) is 7.83. The first kappa shape index (κ1) is 18.2. The number of carbonyl (C=O) groups excluding carboxylic acids is 1. The molecule has 0 aliphatic carbocycles. The summed E-state index contributed by atoms with van der Waals surface area (Å²) in [4.78, 5) is 20.9. The number of halogens is 4. The molecule has 1 aromatic carbocycles. The number of amidine groups is 2. The number of carbonyl (C=O) groups is 1. The van der Waals surface area contributed by atoms with E-state index in [1.807, 2.05) is 0 Å². The van der Waals surface area contributed by atoms with Gasteiger partial charge in [-0.2, -0.15) is 13.2 Å². The summed E-state index contributed by atoms with van der Waals surface area (Å²) in [6.07, 6.45) is -0.338. The standard InChI is InChI=1S/C17H13ClF3N3O2/c1-10-5-4-8-24-13(10)22-16(15(25)26-2,17(19,20)21)23-14(24)11-6-3-7-12(18)9-11/h3-9H,1-2H3. The lowest BCUT2D eigenvalue weighted by atomic mass is 10.0. The van der Waals surface area contributed by atoms with Gasteiger partial charge in [-0.3, -0.25) is 4.90 Å². The molecule has 0 bridgehead atoms. The molecular formula is C17H13ClF3N3O2. The highest BCUT2D eigenvalue weighted by atomic mass is 35.5. The Bertz CT molecular complexity index is 889. The lowest BCUT2D eigenvalue weighted by Crippen LogP contribution is -2.56. The van der Waals surface area contributed by atoms with E-state index in [0.717, 1.165) is 7.11 Å². The highest BCUT2D eigenvalue weighted by Crippen LogP contribution is 2.40. The van der Waals surface area contributed by atoms with E-state index >= 15 is 0 Å². The number of hydrogen-bond donors (Lipinski definition) is 0. The summed E-state index contributed by atoms with van der Waals surface area (Å²) < 4.78 is 46.1. The third-order valence-electron chi connectivity index (χ3n) is 3.87. The van der Waals surface area contributed by atoms with Crippen LogP contribution in [-0.4, -0.2) is 41.5 Å². The van der Waals surface area contributed by atoms with E-state index in [4.69, 9.17) is 11.6 Å². The van der Waals surface area contributed by atoms with Crippen LogP contribution >= 0.6 is 11.6 Å². The van der Waals surface area contributed by atoms with Crippen LogP contribution in [0.1, 0.15) is 12.5 Å². The van der Waals surface area contributed by atoms with Crippen molar-refractivity contribution >= 4 is 29.2 Å². The molecule has 0 saturated carbocycles. The summed E-state index contributed by atoms with van der Waals surface area (Å²) in [5.74, 6) is -1.76. The van der Waals surface area contributed by atoms with E-state index in [-0.39, 0.29) is 11.7 Å². The number of esters is 1. The Balaban J connectivity index is 2.31. The van der Waals surface area contributed by atoms with E-state index in [2.05, 4.69) is 14.7 Å². The molecule has 0 spiro atoms. The fourth-order valence-electron chi connectivity index (χ4n) is 2.61. The summed E-state index contributed by atoms with van der Waals surface area (Å²) >= 11 is 5.97. The zero-order valence-electron chi connectivity index (χ0n) is 13.7. The molecule has 3 rings (SSSR count). The normalized spacial score (nSPS) is 22.2. The van der Waals surface area contributed by atoms with E-state index in [0.29, 0.717) is 16.2 Å². The molecule has 0 radical (unpaired) electrons. The van der Waals surface area contributed by atoms with Crippen LogP contribution in [-0.2, 0) is 9.53 Å². The van der Waals surface area contributed by atoms with Gasteiger partial charge in [-0.25, -0.2) is 14.8 Å². The number of rotatable bonds is 2. The van der Waals surface area contributed by atoms with Crippen molar-refractivity contribution in [3.8, 4) is 0 Å². The molecule has 0 N–H and O–H groups in total. The van der Waals surface area contributed by atoms with Crippen LogP contribution in [0.2, 0.25) is 5.02 Å². The average molecular weight is 384 g/mol. The van der Waals surface area contributed by atoms with Gasteiger partial charge in [0.05, 0.1) is 7.11 Å². The first-order chi connectivity index (χ1) is 12.2. The van der Waals surface area contributed by atoms with Crippen LogP contribution < -0.4 is 0 Å². The van der Waals surface area contributed by atoms with Gasteiger partial charge < -0.3 is 4.74 Å². The Hall–Kier alpha value is -2.61. The van der Waals surface area contributed by atoms with Crippen LogP contribution in [0.25, 0.3) is 0 Å². The number of hydrogen-bond acceptors (Lipinski definition) is 5. The lowest BCUT2D eigenvalue weighted by Gasteiger charge is -2.37. The van der Waals surface area contributed by atoms with Crippen molar-refractivity contribution in [2.75, 3.05) is 7.11 Å². The number of methoxy groups -OCH3 is 1. The molecule has 9 heteroatoms. The summed E-state index contributed by atoms with van der Waals surface area (Å²) in [5, 5.41) is 0.318. The van der Waals surface area contributed by atoms with Gasteiger partial charge in [0, 0.05) is 16.8 Å². The molecule has 2 heterocycles. The second kappa shape index (κ2) is 6.28. The number of allylic oxidation sites excluding steroid dienone is 2. The van der Waals surface area contributed by atoms with Crippen molar-refractivity contribution in [1.82, 2.24) is 4.90 Å². The van der Waals surface area contributed by atoms with Crippen molar-refractivity contribution < 1.29 is 22.7 Å². The Labute approximate surface area is 152 Å². The summed E-state index contributed by atoms with van der Waals surface area (Å²) in [5.41, 5.74) is -2.63. The maximum Gasteiger partial charge on any atom is 0.445 e. The molecule has 1 atom stereocenters. The summed E-state index contributed by atoms with van der Waals surface area (Å²) in [6, 6.07) is 6.17. The molecule has 1 unspecified atom stereocenters. The molecular weight excluding hydrogens is 371 g/mol. The van der Waals surface area contributed by atoms with Gasteiger partial charge in [-0.1, -0.05) is 29.8 Å². The molecule has 0 amide bonds. The van der Waals surface area contributed by atoms with Crippen LogP contribution in [0.3, 0.4) is 0 Å². The quantitative estimate of drug-likeness (QED) is 0.732. The second-order valence-corrected chi connectivity index (χ2v) is 6.04. The van der Waals surface area contributed by atoms with E-state index < -0.39 is 17.8 Å². The number of benzene rings is 1. The van der Waals surface area contributed by atoms with Crippen molar-refractivity contribution in [2.24, 2.45) is 9.98 Å². The van der Waals surface area contributed by atoms with Crippen molar-refractivity contribution in [3.05, 3.63) is 58.8 Å². The molecule has 1 aromatic rings. The molecule has 26 heavy (non-hydrogen) atoms. The average Bonchev–Trinajstić information content (AvgIpc) is 2.59. The number of nitrogens with zero attached hydrogens (tertiary/aromatic N) is 3. The monoisotopic (exact) mass is 383 g/mol. The van der Waals surface area contributed by atoms with Crippen LogP contribution in [0, 0.1) is 0 Å². The van der Waals surface area contributed by atoms with Gasteiger partial charge in [-0.05, 0) is 30.7 Å². The molecule has 5 nitrogen and oxygen atoms in total. The first-order valence-electron chi connectivity index (χ1n) is 7.45. The van der Waals surface area contributed by atoms with E-state index in [9.17, 15) is 18.0 Å². The van der Waals surface area contributed by atoms with Gasteiger partial charge in [0.15, 0.2) is 0 Å². The SMILES string of the molecule is COC(=O)C1(C(F)(F)F)N=C2C(C)=CC=CN2C(c2cccc(Cl)c2)=N1. The van der Waals surface area contributed by atoms with Gasteiger partial charge in [0.25, 0.3) is 0 Å². The molecule has 0 saturated heterocycles. The molecule has 2 aliphatic heterocycles. The summed E-state index contributed by atoms with van der Waals surface area (Å²) in [6.45, 7) is 1.59. The maximum atomic E-state index is 13.9. The number of fused-ring (bicyclic) bond motifs is 1. The highest BCUT2D eigenvalue weighted by Gasteiger charge is 2.65. The fraction of sp³-hybridized carbons (Fsp3) is 0.235. The molecule has 2 aliphatic rings. The molecule has 0 fully saturated rings. The lowest BCUT2D eigenvalue weighted by molar-refractivity contribution is -0.202. The third-order valence-corrected chi connectivity index (χ3v) is 4.11. The minimum absolute atomic E-state index is 0.0415. The van der Waals surface area contributed by atoms with Crippen molar-refractivity contribution in [1.29, 1.82) is 0 Å². The topological polar surface area (TPSA) is 54.3 Å². The van der Waals surface area contributed by atoms with E-state index in [1.165, 1.54) is 17.2 Å². The Morgan fingerprint density at radius 3 is 2.58 bits per heavy atom. The zero-order valence-corrected chi connectivity index (χ0v) is 14.5. The van der Waals surface area contributed by atoms with Crippen LogP contribution in [0.4, 0.5) is 13.2 Å². The number of ether oxygens (including phenoxy) is 1. The highest BCUT2D eigenvalue weighted by molar-refractivity contribution is 6.31. The minimum atomic E-state index is -5.09. The largest absolute Gasteiger partial charge is 0.465 e.